The van der Waals surface area contributed by atoms with Gasteiger partial charge in [0.2, 0.25) is 5.91 Å². The van der Waals surface area contributed by atoms with Gasteiger partial charge in [0, 0.05) is 32.4 Å². The summed E-state index contributed by atoms with van der Waals surface area (Å²) in [6, 6.07) is 0.157. The number of amides is 1. The molecule has 0 bridgehead atoms. The lowest BCUT2D eigenvalue weighted by Gasteiger charge is -2.35. The second-order valence-electron chi connectivity index (χ2n) is 5.85. The molecule has 0 aromatic carbocycles. The fraction of sp³-hybridized carbons (Fsp3) is 0.692. The topological polar surface area (TPSA) is 76.2 Å². The second-order valence-corrected chi connectivity index (χ2v) is 5.85. The zero-order chi connectivity index (χ0) is 14.0. The largest absolute Gasteiger partial charge is 0.367 e. The maximum atomic E-state index is 11.9. The van der Waals surface area contributed by atoms with Gasteiger partial charge in [0.1, 0.15) is 0 Å². The van der Waals surface area contributed by atoms with Crippen molar-refractivity contribution < 1.29 is 4.79 Å². The summed E-state index contributed by atoms with van der Waals surface area (Å²) < 4.78 is 1.79. The van der Waals surface area contributed by atoms with Crippen molar-refractivity contribution in [3.8, 4) is 0 Å². The molecule has 1 aromatic heterocycles. The van der Waals surface area contributed by atoms with Crippen LogP contribution in [0.3, 0.4) is 0 Å². The number of anilines is 1. The first-order chi connectivity index (χ1) is 8.86. The highest BCUT2D eigenvalue weighted by molar-refractivity contribution is 5.86. The van der Waals surface area contributed by atoms with Gasteiger partial charge in [-0.05, 0) is 26.7 Å². The van der Waals surface area contributed by atoms with E-state index >= 15 is 0 Å². The Labute approximate surface area is 138 Å². The van der Waals surface area contributed by atoms with E-state index in [1.54, 1.807) is 18.5 Å². The first kappa shape index (κ1) is 20.0. The van der Waals surface area contributed by atoms with Crippen LogP contribution in [0.5, 0.6) is 0 Å². The van der Waals surface area contributed by atoms with E-state index in [1.165, 1.54) is 0 Å². The fourth-order valence-electron chi connectivity index (χ4n) is 2.27. The van der Waals surface area contributed by atoms with Crippen molar-refractivity contribution in [3.05, 3.63) is 12.4 Å². The van der Waals surface area contributed by atoms with Crippen LogP contribution in [0.15, 0.2) is 12.4 Å². The van der Waals surface area contributed by atoms with Gasteiger partial charge in [0.15, 0.2) is 0 Å². The van der Waals surface area contributed by atoms with Crippen molar-refractivity contribution >= 4 is 36.4 Å². The van der Waals surface area contributed by atoms with Crippen LogP contribution in [0.2, 0.25) is 0 Å². The number of hydrogen-bond donors (Lipinski definition) is 2. The summed E-state index contributed by atoms with van der Waals surface area (Å²) in [6.07, 6.45) is 5.91. The van der Waals surface area contributed by atoms with Gasteiger partial charge >= 0.3 is 0 Å². The quantitative estimate of drug-likeness (QED) is 0.865. The molecule has 0 saturated carbocycles. The highest BCUT2D eigenvalue weighted by atomic mass is 35.5. The first-order valence-electron chi connectivity index (χ1n) is 6.69. The third kappa shape index (κ3) is 5.37. The van der Waals surface area contributed by atoms with Gasteiger partial charge < -0.3 is 16.0 Å². The molecule has 0 radical (unpaired) electrons. The fourth-order valence-corrected chi connectivity index (χ4v) is 2.27. The van der Waals surface area contributed by atoms with Gasteiger partial charge in [0.05, 0.1) is 17.4 Å². The van der Waals surface area contributed by atoms with Gasteiger partial charge in [-0.25, -0.2) is 0 Å². The number of nitrogens with one attached hydrogen (secondary N) is 1. The Kier molecular flexibility index (Phi) is 7.50. The molecule has 1 fully saturated rings. The summed E-state index contributed by atoms with van der Waals surface area (Å²) in [5, 5.41) is 7.22. The molecule has 2 heterocycles. The molecule has 1 aliphatic rings. The average Bonchev–Trinajstić information content (AvgIpc) is 2.75. The third-order valence-electron chi connectivity index (χ3n) is 3.40. The van der Waals surface area contributed by atoms with Gasteiger partial charge in [-0.2, -0.15) is 5.10 Å². The van der Waals surface area contributed by atoms with Crippen LogP contribution in [-0.4, -0.2) is 40.4 Å². The van der Waals surface area contributed by atoms with E-state index in [0.29, 0.717) is 0 Å². The van der Waals surface area contributed by atoms with E-state index in [2.05, 4.69) is 15.3 Å². The van der Waals surface area contributed by atoms with E-state index in [1.807, 2.05) is 19.4 Å². The van der Waals surface area contributed by atoms with E-state index in [4.69, 9.17) is 5.73 Å². The van der Waals surface area contributed by atoms with Gasteiger partial charge in [-0.1, -0.05) is 0 Å². The summed E-state index contributed by atoms with van der Waals surface area (Å²) in [7, 11) is 1.91. The Hall–Kier alpha value is -0.980. The number of nitrogens with zero attached hydrogens (tertiary/aromatic N) is 3. The molecular formula is C13H25Cl2N5O. The summed E-state index contributed by atoms with van der Waals surface area (Å²) >= 11 is 0. The summed E-state index contributed by atoms with van der Waals surface area (Å²) in [5.41, 5.74) is 6.09. The minimum atomic E-state index is -0.823. The first-order valence-corrected chi connectivity index (χ1v) is 6.69. The highest BCUT2D eigenvalue weighted by Gasteiger charge is 2.27. The van der Waals surface area contributed by atoms with Crippen molar-refractivity contribution in [1.82, 2.24) is 15.1 Å². The molecule has 0 aliphatic carbocycles. The Morgan fingerprint density at radius 1 is 1.48 bits per heavy atom. The molecule has 1 unspecified atom stereocenters. The molecule has 8 heteroatoms. The predicted molar refractivity (Wildman–Crippen MR) is 89.3 cm³/mol. The van der Waals surface area contributed by atoms with Gasteiger partial charge in [-0.3, -0.25) is 9.48 Å². The number of carbonyl (C=O) groups is 1. The maximum absolute atomic E-state index is 11.9. The highest BCUT2D eigenvalue weighted by Crippen LogP contribution is 2.19. The molecule has 1 aliphatic heterocycles. The van der Waals surface area contributed by atoms with Crippen molar-refractivity contribution in [2.45, 2.75) is 38.3 Å². The number of carbonyl (C=O) groups excluding carboxylic acids is 1. The molecule has 21 heavy (non-hydrogen) atoms. The zero-order valence-corrected chi connectivity index (χ0v) is 14.3. The molecule has 2 rings (SSSR count). The Morgan fingerprint density at radius 3 is 2.67 bits per heavy atom. The van der Waals surface area contributed by atoms with E-state index in [0.717, 1.165) is 31.6 Å². The number of nitrogens with two attached hydrogens (primary N) is 1. The molecule has 1 amide bonds. The molecule has 1 aromatic rings. The lowest BCUT2D eigenvalue weighted by Crippen LogP contribution is -2.55. The predicted octanol–water partition coefficient (Wildman–Crippen LogP) is 1.09. The molecule has 122 valence electrons. The average molecular weight is 338 g/mol. The van der Waals surface area contributed by atoms with Crippen LogP contribution in [-0.2, 0) is 11.8 Å². The van der Waals surface area contributed by atoms with Crippen LogP contribution >= 0.6 is 24.8 Å². The summed E-state index contributed by atoms with van der Waals surface area (Å²) in [4.78, 5) is 14.2. The van der Waals surface area contributed by atoms with Crippen molar-refractivity contribution in [2.24, 2.45) is 12.8 Å². The van der Waals surface area contributed by atoms with E-state index in [-0.39, 0.29) is 36.8 Å². The third-order valence-corrected chi connectivity index (χ3v) is 3.40. The molecular weight excluding hydrogens is 313 g/mol. The van der Waals surface area contributed by atoms with Crippen LogP contribution in [0, 0.1) is 0 Å². The summed E-state index contributed by atoms with van der Waals surface area (Å²) in [5.74, 6) is -0.0921. The number of aryl methyl sites for hydroxylation is 1. The lowest BCUT2D eigenvalue weighted by molar-refractivity contribution is -0.126. The Morgan fingerprint density at radius 2 is 2.14 bits per heavy atom. The Bertz CT molecular complexity index is 458. The van der Waals surface area contributed by atoms with Gasteiger partial charge in [0.25, 0.3) is 0 Å². The van der Waals surface area contributed by atoms with E-state index < -0.39 is 5.54 Å². The van der Waals surface area contributed by atoms with Crippen LogP contribution in [0.4, 0.5) is 5.69 Å². The number of halogens is 2. The SMILES string of the molecule is Cl.Cl.Cn1cc(N2CCCC(NC(=O)C(C)(C)N)C2)cn1. The van der Waals surface area contributed by atoms with Crippen molar-refractivity contribution in [1.29, 1.82) is 0 Å². The minimum absolute atomic E-state index is 0. The molecule has 3 N–H and O–H groups in total. The second kappa shape index (κ2) is 7.87. The standard InChI is InChI=1S/C13H23N5O.2ClH/c1-13(2,14)12(19)16-10-5-4-6-18(8-10)11-7-15-17(3)9-11;;/h7,9-10H,4-6,8,14H2,1-3H3,(H,16,19);2*1H. The molecule has 1 atom stereocenters. The molecule has 6 nitrogen and oxygen atoms in total. The van der Waals surface area contributed by atoms with E-state index in [9.17, 15) is 4.79 Å². The minimum Gasteiger partial charge on any atom is -0.367 e. The van der Waals surface area contributed by atoms with Gasteiger partial charge in [-0.15, -0.1) is 24.8 Å². The monoisotopic (exact) mass is 337 g/mol. The van der Waals surface area contributed by atoms with Crippen LogP contribution in [0.1, 0.15) is 26.7 Å². The van der Waals surface area contributed by atoms with Crippen LogP contribution in [0.25, 0.3) is 0 Å². The zero-order valence-electron chi connectivity index (χ0n) is 12.7. The Balaban J connectivity index is 0.00000200. The number of rotatable bonds is 3. The number of aromatic nitrogens is 2. The van der Waals surface area contributed by atoms with Crippen molar-refractivity contribution in [3.63, 3.8) is 0 Å². The van der Waals surface area contributed by atoms with Crippen molar-refractivity contribution in [2.75, 3.05) is 18.0 Å². The maximum Gasteiger partial charge on any atom is 0.239 e. The summed E-state index contributed by atoms with van der Waals surface area (Å²) in [6.45, 7) is 5.27. The molecule has 0 spiro atoms. The smallest absolute Gasteiger partial charge is 0.239 e. The number of hydrogen-bond acceptors (Lipinski definition) is 4. The lowest BCUT2D eigenvalue weighted by atomic mass is 10.0. The van der Waals surface area contributed by atoms with Crippen LogP contribution < -0.4 is 16.0 Å². The normalized spacial score (nSPS) is 18.5. The number of piperidine rings is 1. The molecule has 1 saturated heterocycles.